The number of fused-ring (bicyclic) bond motifs is 1. The van der Waals surface area contributed by atoms with E-state index in [9.17, 15) is 4.79 Å². The van der Waals surface area contributed by atoms with Gasteiger partial charge in [0.15, 0.2) is 0 Å². The number of imidazole rings is 1. The summed E-state index contributed by atoms with van der Waals surface area (Å²) in [7, 11) is 3.51. The minimum atomic E-state index is -0.272. The summed E-state index contributed by atoms with van der Waals surface area (Å²) in [5.41, 5.74) is 3.81. The van der Waals surface area contributed by atoms with E-state index in [4.69, 9.17) is 9.72 Å². The average molecular weight is 439 g/mol. The summed E-state index contributed by atoms with van der Waals surface area (Å²) in [4.78, 5) is 20.6. The molecule has 0 aliphatic carbocycles. The van der Waals surface area contributed by atoms with Crippen LogP contribution in [0.1, 0.15) is 10.5 Å². The van der Waals surface area contributed by atoms with Crippen LogP contribution in [0.15, 0.2) is 79.3 Å². The Kier molecular flexibility index (Phi) is 5.19. The Morgan fingerprint density at radius 1 is 1.00 bits per heavy atom. The Morgan fingerprint density at radius 2 is 1.85 bits per heavy atom. The van der Waals surface area contributed by atoms with Crippen LogP contribution in [0.5, 0.6) is 11.5 Å². The number of pyridine rings is 1. The predicted octanol–water partition coefficient (Wildman–Crippen LogP) is 4.05. The first-order valence-electron chi connectivity index (χ1n) is 10.3. The van der Waals surface area contributed by atoms with Crippen molar-refractivity contribution in [3.63, 3.8) is 0 Å². The Bertz CT molecular complexity index is 1440. The van der Waals surface area contributed by atoms with Gasteiger partial charge in [0.2, 0.25) is 5.95 Å². The molecule has 0 spiro atoms. The fourth-order valence-corrected chi connectivity index (χ4v) is 3.53. The van der Waals surface area contributed by atoms with Gasteiger partial charge in [-0.15, -0.1) is 0 Å². The van der Waals surface area contributed by atoms with Crippen LogP contribution >= 0.6 is 0 Å². The molecule has 0 atom stereocenters. The van der Waals surface area contributed by atoms with Gasteiger partial charge in [-0.05, 0) is 36.4 Å². The van der Waals surface area contributed by atoms with Gasteiger partial charge < -0.3 is 19.9 Å². The first kappa shape index (κ1) is 20.3. The lowest BCUT2D eigenvalue weighted by molar-refractivity contribution is 0.0958. The number of anilines is 2. The molecule has 5 rings (SSSR count). The van der Waals surface area contributed by atoms with Gasteiger partial charge in [-0.2, -0.15) is 5.10 Å². The molecule has 3 aromatic heterocycles. The van der Waals surface area contributed by atoms with Crippen molar-refractivity contribution in [2.45, 2.75) is 0 Å². The highest BCUT2D eigenvalue weighted by Crippen LogP contribution is 2.29. The maximum Gasteiger partial charge on any atom is 0.269 e. The molecule has 164 valence electrons. The molecule has 0 saturated heterocycles. The van der Waals surface area contributed by atoms with E-state index < -0.39 is 0 Å². The number of aromatic nitrogens is 5. The summed E-state index contributed by atoms with van der Waals surface area (Å²) in [6.45, 7) is 0. The molecule has 0 saturated carbocycles. The second kappa shape index (κ2) is 8.46. The number of aryl methyl sites for hydroxylation is 1. The van der Waals surface area contributed by atoms with Crippen LogP contribution in [-0.4, -0.2) is 37.3 Å². The molecule has 9 heteroatoms. The monoisotopic (exact) mass is 439 g/mol. The Balaban J connectivity index is 1.44. The number of benzene rings is 2. The Hall–Kier alpha value is -4.66. The quantitative estimate of drug-likeness (QED) is 0.414. The van der Waals surface area contributed by atoms with Crippen molar-refractivity contribution in [2.24, 2.45) is 7.05 Å². The van der Waals surface area contributed by atoms with Crippen molar-refractivity contribution in [1.82, 2.24) is 29.6 Å². The van der Waals surface area contributed by atoms with Crippen molar-refractivity contribution in [1.29, 1.82) is 0 Å². The molecular weight excluding hydrogens is 418 g/mol. The first-order valence-corrected chi connectivity index (χ1v) is 10.3. The van der Waals surface area contributed by atoms with Gasteiger partial charge >= 0.3 is 0 Å². The number of ether oxygens (including phenoxy) is 1. The van der Waals surface area contributed by atoms with Crippen LogP contribution < -0.4 is 15.4 Å². The molecule has 0 unspecified atom stereocenters. The number of rotatable bonds is 6. The van der Waals surface area contributed by atoms with Crippen LogP contribution in [0, 0.1) is 0 Å². The van der Waals surface area contributed by atoms with Gasteiger partial charge in [-0.1, -0.05) is 12.1 Å². The zero-order chi connectivity index (χ0) is 22.8. The largest absolute Gasteiger partial charge is 0.457 e. The van der Waals surface area contributed by atoms with Gasteiger partial charge in [0.1, 0.15) is 17.2 Å². The highest BCUT2D eigenvalue weighted by atomic mass is 16.5. The van der Waals surface area contributed by atoms with Gasteiger partial charge in [0.25, 0.3) is 5.91 Å². The van der Waals surface area contributed by atoms with E-state index >= 15 is 0 Å². The lowest BCUT2D eigenvalue weighted by Gasteiger charge is -2.11. The molecule has 33 heavy (non-hydrogen) atoms. The molecule has 2 aromatic carbocycles. The summed E-state index contributed by atoms with van der Waals surface area (Å²) in [6.07, 6.45) is 5.18. The number of hydrogen-bond donors (Lipinski definition) is 2. The number of amides is 1. The Labute approximate surface area is 189 Å². The third-order valence-electron chi connectivity index (χ3n) is 5.18. The molecule has 3 heterocycles. The average Bonchev–Trinajstić information content (AvgIpc) is 3.48. The number of hydrogen-bond acceptors (Lipinski definition) is 6. The van der Waals surface area contributed by atoms with Crippen molar-refractivity contribution < 1.29 is 9.53 Å². The zero-order valence-electron chi connectivity index (χ0n) is 18.1. The van der Waals surface area contributed by atoms with E-state index in [1.165, 1.54) is 6.20 Å². The molecule has 1 amide bonds. The molecule has 0 aliphatic rings. The second-order valence-corrected chi connectivity index (χ2v) is 7.30. The van der Waals surface area contributed by atoms with E-state index in [0.717, 1.165) is 22.4 Å². The van der Waals surface area contributed by atoms with E-state index in [-0.39, 0.29) is 11.6 Å². The van der Waals surface area contributed by atoms with Gasteiger partial charge in [-0.25, -0.2) is 9.67 Å². The highest BCUT2D eigenvalue weighted by Gasteiger charge is 2.13. The molecule has 0 aliphatic heterocycles. The van der Waals surface area contributed by atoms with E-state index in [0.29, 0.717) is 17.4 Å². The second-order valence-electron chi connectivity index (χ2n) is 7.30. The molecule has 0 bridgehead atoms. The number of nitrogens with zero attached hydrogens (tertiary/aromatic N) is 5. The first-order chi connectivity index (χ1) is 16.1. The normalized spacial score (nSPS) is 10.8. The van der Waals surface area contributed by atoms with Crippen LogP contribution in [0.25, 0.3) is 16.7 Å². The third-order valence-corrected chi connectivity index (χ3v) is 5.18. The van der Waals surface area contributed by atoms with Crippen LogP contribution in [0.2, 0.25) is 0 Å². The number of para-hydroxylation sites is 2. The lowest BCUT2D eigenvalue weighted by Crippen LogP contribution is -2.18. The van der Waals surface area contributed by atoms with Crippen molar-refractivity contribution in [3.05, 3.63) is 84.9 Å². The molecule has 9 nitrogen and oxygen atoms in total. The smallest absolute Gasteiger partial charge is 0.269 e. The predicted molar refractivity (Wildman–Crippen MR) is 125 cm³/mol. The van der Waals surface area contributed by atoms with Gasteiger partial charge in [0, 0.05) is 44.8 Å². The van der Waals surface area contributed by atoms with Crippen LogP contribution in [0.3, 0.4) is 0 Å². The van der Waals surface area contributed by atoms with Gasteiger partial charge in [0.05, 0.1) is 22.4 Å². The standard InChI is InChI=1S/C24H21N7O2/c1-25-23(32)20-15-17(10-12-26-20)33-16-8-9-21-19(14-16)29-24(30(21)2)28-18-6-3-4-7-22(18)31-13-5-11-27-31/h3-15H,1-2H3,(H,25,32)(H,28,29). The number of carbonyl (C=O) groups is 1. The molecule has 0 fully saturated rings. The Morgan fingerprint density at radius 3 is 2.67 bits per heavy atom. The van der Waals surface area contributed by atoms with Gasteiger partial charge in [-0.3, -0.25) is 9.78 Å². The molecule has 5 aromatic rings. The number of nitrogens with one attached hydrogen (secondary N) is 2. The topological polar surface area (TPSA) is 98.9 Å². The van der Waals surface area contributed by atoms with Crippen LogP contribution in [-0.2, 0) is 7.05 Å². The van der Waals surface area contributed by atoms with Crippen molar-refractivity contribution in [3.8, 4) is 17.2 Å². The summed E-state index contributed by atoms with van der Waals surface area (Å²) in [5.74, 6) is 1.54. The third kappa shape index (κ3) is 3.99. The molecule has 0 radical (unpaired) electrons. The minimum Gasteiger partial charge on any atom is -0.457 e. The van der Waals surface area contributed by atoms with E-state index in [1.807, 2.05) is 66.3 Å². The zero-order valence-corrected chi connectivity index (χ0v) is 18.1. The maximum atomic E-state index is 11.8. The van der Waals surface area contributed by atoms with Crippen LogP contribution in [0.4, 0.5) is 11.6 Å². The summed E-state index contributed by atoms with van der Waals surface area (Å²) >= 11 is 0. The fourth-order valence-electron chi connectivity index (χ4n) is 3.53. The maximum absolute atomic E-state index is 11.8. The highest BCUT2D eigenvalue weighted by molar-refractivity contribution is 5.92. The molecule has 2 N–H and O–H groups in total. The number of carbonyl (C=O) groups excluding carboxylic acids is 1. The van der Waals surface area contributed by atoms with Crippen molar-refractivity contribution in [2.75, 3.05) is 12.4 Å². The summed E-state index contributed by atoms with van der Waals surface area (Å²) < 4.78 is 9.74. The fraction of sp³-hybridized carbons (Fsp3) is 0.0833. The lowest BCUT2D eigenvalue weighted by atomic mass is 10.2. The van der Waals surface area contributed by atoms with E-state index in [2.05, 4.69) is 20.7 Å². The minimum absolute atomic E-state index is 0.272. The van der Waals surface area contributed by atoms with E-state index in [1.54, 1.807) is 30.1 Å². The molecular formula is C24H21N7O2. The summed E-state index contributed by atoms with van der Waals surface area (Å²) in [6, 6.07) is 18.8. The van der Waals surface area contributed by atoms with Crippen molar-refractivity contribution >= 4 is 28.6 Å². The summed E-state index contributed by atoms with van der Waals surface area (Å²) in [5, 5.41) is 10.3. The SMILES string of the molecule is CNC(=O)c1cc(Oc2ccc3c(c2)nc(Nc2ccccc2-n2cccn2)n3C)ccn1.